The summed E-state index contributed by atoms with van der Waals surface area (Å²) in [5.74, 6) is -0.220. The van der Waals surface area contributed by atoms with E-state index in [9.17, 15) is 12.8 Å². The molecule has 4 unspecified atom stereocenters. The maximum absolute atomic E-state index is 15.0. The van der Waals surface area contributed by atoms with E-state index in [1.807, 2.05) is 0 Å². The largest absolute Gasteiger partial charge is 0.312 e. The number of allylic oxidation sites excluding steroid dienone is 2. The van der Waals surface area contributed by atoms with Crippen molar-refractivity contribution >= 4 is 32.2 Å². The SMILES string of the molecule is CC(CC1N=C2C=C(F)C(S(=O)(=O)Nc3nccs3)CC2=CC1C)c1cccc2c1CNCC2. The number of thiazole rings is 1. The Kier molecular flexibility index (Phi) is 6.43. The van der Waals surface area contributed by atoms with E-state index in [1.54, 1.807) is 5.38 Å². The summed E-state index contributed by atoms with van der Waals surface area (Å²) in [4.78, 5) is 8.84. The van der Waals surface area contributed by atoms with Crippen LogP contribution in [0.25, 0.3) is 0 Å². The Hall–Kier alpha value is -2.36. The Morgan fingerprint density at radius 1 is 1.35 bits per heavy atom. The first-order valence-corrected chi connectivity index (χ1v) is 14.1. The minimum absolute atomic E-state index is 0.0202. The van der Waals surface area contributed by atoms with Gasteiger partial charge in [0.2, 0.25) is 10.0 Å². The molecule has 3 heterocycles. The lowest BCUT2D eigenvalue weighted by Gasteiger charge is -2.32. The number of nitrogens with one attached hydrogen (secondary N) is 2. The number of halogens is 1. The lowest BCUT2D eigenvalue weighted by molar-refractivity contribution is 0.459. The summed E-state index contributed by atoms with van der Waals surface area (Å²) in [5, 5.41) is 4.12. The molecule has 0 fully saturated rings. The molecule has 0 radical (unpaired) electrons. The molecule has 0 amide bonds. The van der Waals surface area contributed by atoms with Gasteiger partial charge in [-0.25, -0.2) is 17.8 Å². The van der Waals surface area contributed by atoms with Crippen molar-refractivity contribution in [2.75, 3.05) is 11.3 Å². The third-order valence-corrected chi connectivity index (χ3v) is 9.47. The molecule has 1 aromatic heterocycles. The zero-order chi connectivity index (χ0) is 23.9. The quantitative estimate of drug-likeness (QED) is 0.600. The number of aliphatic imine (C=N–C) groups is 1. The second kappa shape index (κ2) is 9.36. The lowest BCUT2D eigenvalue weighted by atomic mass is 9.81. The normalized spacial score (nSPS) is 25.4. The van der Waals surface area contributed by atoms with Crippen molar-refractivity contribution in [3.05, 3.63) is 70.0 Å². The molecule has 2 N–H and O–H groups in total. The molecule has 6 nitrogen and oxygen atoms in total. The average molecular weight is 501 g/mol. The van der Waals surface area contributed by atoms with Crippen molar-refractivity contribution in [2.24, 2.45) is 10.9 Å². The lowest BCUT2D eigenvalue weighted by Crippen LogP contribution is -2.35. The Morgan fingerprint density at radius 3 is 3.00 bits per heavy atom. The third kappa shape index (κ3) is 4.61. The molecule has 1 aromatic carbocycles. The molecule has 3 aliphatic rings. The van der Waals surface area contributed by atoms with Crippen molar-refractivity contribution in [1.29, 1.82) is 0 Å². The molecule has 2 aromatic rings. The van der Waals surface area contributed by atoms with Crippen molar-refractivity contribution in [3.63, 3.8) is 0 Å². The predicted octanol–water partition coefficient (Wildman–Crippen LogP) is 4.74. The summed E-state index contributed by atoms with van der Waals surface area (Å²) in [6.07, 6.45) is 6.87. The topological polar surface area (TPSA) is 83.5 Å². The van der Waals surface area contributed by atoms with Gasteiger partial charge in [-0.05, 0) is 66.0 Å². The highest BCUT2D eigenvalue weighted by Crippen LogP contribution is 2.37. The van der Waals surface area contributed by atoms with Gasteiger partial charge >= 0.3 is 0 Å². The molecule has 1 aliphatic carbocycles. The molecule has 0 saturated carbocycles. The number of aromatic nitrogens is 1. The molecule has 180 valence electrons. The van der Waals surface area contributed by atoms with Gasteiger partial charge in [0.1, 0.15) is 11.1 Å². The average Bonchev–Trinajstić information content (AvgIpc) is 3.31. The van der Waals surface area contributed by atoms with Gasteiger partial charge < -0.3 is 5.32 Å². The van der Waals surface area contributed by atoms with Crippen LogP contribution in [0.1, 0.15) is 49.3 Å². The second-order valence-corrected chi connectivity index (χ2v) is 12.1. The number of sulfonamides is 1. The first-order chi connectivity index (χ1) is 16.3. The van der Waals surface area contributed by atoms with Crippen LogP contribution in [-0.2, 0) is 23.0 Å². The summed E-state index contributed by atoms with van der Waals surface area (Å²) < 4.78 is 43.0. The molecule has 0 bridgehead atoms. The predicted molar refractivity (Wildman–Crippen MR) is 136 cm³/mol. The maximum Gasteiger partial charge on any atom is 0.244 e. The molecule has 0 spiro atoms. The molecule has 34 heavy (non-hydrogen) atoms. The molecule has 9 heteroatoms. The first-order valence-electron chi connectivity index (χ1n) is 11.7. The van der Waals surface area contributed by atoms with Crippen LogP contribution in [0.4, 0.5) is 9.52 Å². The van der Waals surface area contributed by atoms with Crippen molar-refractivity contribution in [1.82, 2.24) is 10.3 Å². The maximum atomic E-state index is 15.0. The number of benzene rings is 1. The van der Waals surface area contributed by atoms with Crippen molar-refractivity contribution in [3.8, 4) is 0 Å². The minimum atomic E-state index is -3.95. The molecule has 4 atom stereocenters. The van der Waals surface area contributed by atoms with Crippen LogP contribution in [0.15, 0.2) is 58.3 Å². The Labute approximate surface area is 204 Å². The number of nitrogens with zero attached hydrogens (tertiary/aromatic N) is 2. The second-order valence-electron chi connectivity index (χ2n) is 9.39. The van der Waals surface area contributed by atoms with Crippen LogP contribution in [-0.4, -0.2) is 36.9 Å². The number of rotatable bonds is 6. The Bertz CT molecular complexity index is 1270. The van der Waals surface area contributed by atoms with E-state index in [2.05, 4.69) is 53.1 Å². The van der Waals surface area contributed by atoms with Gasteiger partial charge in [-0.3, -0.25) is 9.71 Å². The van der Waals surface area contributed by atoms with Crippen LogP contribution in [0.2, 0.25) is 0 Å². The van der Waals surface area contributed by atoms with E-state index < -0.39 is 21.1 Å². The third-order valence-electron chi connectivity index (χ3n) is 7.04. The van der Waals surface area contributed by atoms with E-state index in [0.717, 1.165) is 31.5 Å². The number of hydrogen-bond donors (Lipinski definition) is 2. The first kappa shape index (κ1) is 23.4. The Morgan fingerprint density at radius 2 is 2.21 bits per heavy atom. The van der Waals surface area contributed by atoms with Gasteiger partial charge in [0.05, 0.1) is 11.8 Å². The fraction of sp³-hybridized carbons (Fsp3) is 0.440. The zero-order valence-corrected chi connectivity index (χ0v) is 20.9. The Balaban J connectivity index is 1.35. The standard InChI is InChI=1S/C25H29FN4O2S2/c1-15(19-5-3-4-17-6-7-27-14-20(17)19)11-22-16(2)10-18-12-24(21(26)13-23(18)29-22)34(31,32)30-25-28-8-9-33-25/h3-5,8-10,13,15-16,22,24,27H,6-7,11-12,14H2,1-2H3,(H,28,30). The molecule has 2 aliphatic heterocycles. The van der Waals surface area contributed by atoms with Gasteiger partial charge in [-0.1, -0.05) is 38.1 Å². The number of fused-ring (bicyclic) bond motifs is 2. The van der Waals surface area contributed by atoms with Crippen LogP contribution in [0.3, 0.4) is 0 Å². The summed E-state index contributed by atoms with van der Waals surface area (Å²) in [7, 11) is -3.95. The number of anilines is 1. The van der Waals surface area contributed by atoms with Gasteiger partial charge in [-0.2, -0.15) is 0 Å². The van der Waals surface area contributed by atoms with E-state index >= 15 is 0 Å². The van der Waals surface area contributed by atoms with Crippen molar-refractivity contribution < 1.29 is 12.8 Å². The fourth-order valence-electron chi connectivity index (χ4n) is 5.20. The smallest absolute Gasteiger partial charge is 0.244 e. The highest BCUT2D eigenvalue weighted by molar-refractivity contribution is 7.93. The van der Waals surface area contributed by atoms with E-state index in [0.29, 0.717) is 11.6 Å². The van der Waals surface area contributed by atoms with Crippen LogP contribution in [0, 0.1) is 5.92 Å². The van der Waals surface area contributed by atoms with Crippen LogP contribution in [0.5, 0.6) is 0 Å². The van der Waals surface area contributed by atoms with E-state index in [1.165, 1.54) is 40.3 Å². The number of hydrogen-bond acceptors (Lipinski definition) is 6. The van der Waals surface area contributed by atoms with Gasteiger partial charge in [0.15, 0.2) is 5.13 Å². The van der Waals surface area contributed by atoms with Crippen LogP contribution >= 0.6 is 11.3 Å². The summed E-state index contributed by atoms with van der Waals surface area (Å²) >= 11 is 1.17. The van der Waals surface area contributed by atoms with Gasteiger partial charge in [0.25, 0.3) is 0 Å². The molecule has 5 rings (SSSR count). The van der Waals surface area contributed by atoms with E-state index in [4.69, 9.17) is 4.99 Å². The van der Waals surface area contributed by atoms with Gasteiger partial charge in [-0.15, -0.1) is 11.3 Å². The van der Waals surface area contributed by atoms with Crippen molar-refractivity contribution in [2.45, 2.75) is 56.9 Å². The minimum Gasteiger partial charge on any atom is -0.312 e. The molecular weight excluding hydrogens is 471 g/mol. The monoisotopic (exact) mass is 500 g/mol. The fourth-order valence-corrected chi connectivity index (χ4v) is 7.31. The molecular formula is C25H29FN4O2S2. The van der Waals surface area contributed by atoms with Gasteiger partial charge in [0, 0.05) is 18.1 Å². The summed E-state index contributed by atoms with van der Waals surface area (Å²) in [6.45, 7) is 6.26. The highest BCUT2D eigenvalue weighted by Gasteiger charge is 2.38. The van der Waals surface area contributed by atoms with E-state index in [-0.39, 0.29) is 23.5 Å². The number of dihydropyridines is 1. The summed E-state index contributed by atoms with van der Waals surface area (Å²) in [5.41, 5.74) is 5.55. The summed E-state index contributed by atoms with van der Waals surface area (Å²) in [6, 6.07) is 6.59. The van der Waals surface area contributed by atoms with Crippen LogP contribution < -0.4 is 10.0 Å². The zero-order valence-electron chi connectivity index (χ0n) is 19.3. The molecule has 0 saturated heterocycles. The highest BCUT2D eigenvalue weighted by atomic mass is 32.2.